The maximum Gasteiger partial charge on any atom is 0.313 e. The van der Waals surface area contributed by atoms with Gasteiger partial charge in [-0.2, -0.15) is 0 Å². The second-order valence-electron chi connectivity index (χ2n) is 10.5. The molecule has 0 radical (unpaired) electrons. The van der Waals surface area contributed by atoms with Gasteiger partial charge in [-0.15, -0.1) is 23.5 Å². The Labute approximate surface area is 212 Å². The summed E-state index contributed by atoms with van der Waals surface area (Å²) in [7, 11) is 3.89. The van der Waals surface area contributed by atoms with Crippen LogP contribution in [0.2, 0.25) is 0 Å². The largest absolute Gasteiger partial charge is 0.497 e. The first-order chi connectivity index (χ1) is 16.5. The molecular formula is C28H37NO3S2. The third-order valence-electron chi connectivity index (χ3n) is 7.59. The number of likely N-dealkylation sites (tertiary alicyclic amines) is 1. The first-order valence-corrected chi connectivity index (χ1v) is 14.6. The van der Waals surface area contributed by atoms with E-state index in [-0.39, 0.29) is 17.3 Å². The first kappa shape index (κ1) is 24.3. The van der Waals surface area contributed by atoms with Gasteiger partial charge in [0.05, 0.1) is 24.2 Å². The molecule has 3 aliphatic rings. The summed E-state index contributed by atoms with van der Waals surface area (Å²) in [6.45, 7) is 4.71. The minimum Gasteiger partial charge on any atom is -0.497 e. The van der Waals surface area contributed by atoms with Crippen molar-refractivity contribution in [3.05, 3.63) is 42.0 Å². The highest BCUT2D eigenvalue weighted by molar-refractivity contribution is 8.17. The Morgan fingerprint density at radius 2 is 1.65 bits per heavy atom. The molecule has 34 heavy (non-hydrogen) atoms. The lowest BCUT2D eigenvalue weighted by atomic mass is 9.80. The van der Waals surface area contributed by atoms with Gasteiger partial charge in [-0.05, 0) is 94.1 Å². The van der Waals surface area contributed by atoms with E-state index < -0.39 is 0 Å². The Morgan fingerprint density at radius 3 is 2.26 bits per heavy atom. The number of benzene rings is 2. The summed E-state index contributed by atoms with van der Waals surface area (Å²) in [5.74, 6) is 0.469. The predicted octanol–water partition coefficient (Wildman–Crippen LogP) is 6.32. The van der Waals surface area contributed by atoms with Gasteiger partial charge in [0.15, 0.2) is 0 Å². The average Bonchev–Trinajstić information content (AvgIpc) is 3.79. The summed E-state index contributed by atoms with van der Waals surface area (Å²) < 4.78 is 12.0. The SMILES string of the molecule is COc1ccc2cc([C@H](C)C(=O)OCC3(C(SC4CC4)SC4CC4)CCN(C)CC3)ccc2c1. The summed E-state index contributed by atoms with van der Waals surface area (Å²) in [5, 5.41) is 3.87. The van der Waals surface area contributed by atoms with Crippen molar-refractivity contribution >= 4 is 40.3 Å². The van der Waals surface area contributed by atoms with Crippen LogP contribution >= 0.6 is 23.5 Å². The zero-order chi connectivity index (χ0) is 23.7. The highest BCUT2D eigenvalue weighted by Gasteiger charge is 2.47. The number of nitrogens with zero attached hydrogens (tertiary/aromatic N) is 1. The fourth-order valence-electron chi connectivity index (χ4n) is 4.71. The Kier molecular flexibility index (Phi) is 7.38. The summed E-state index contributed by atoms with van der Waals surface area (Å²) >= 11 is 4.38. The van der Waals surface area contributed by atoms with Crippen LogP contribution in [0.15, 0.2) is 36.4 Å². The quantitative estimate of drug-likeness (QED) is 0.281. The van der Waals surface area contributed by atoms with Gasteiger partial charge in [0.2, 0.25) is 0 Å². The lowest BCUT2D eigenvalue weighted by Gasteiger charge is -2.45. The van der Waals surface area contributed by atoms with E-state index in [9.17, 15) is 4.79 Å². The van der Waals surface area contributed by atoms with Crippen LogP contribution in [0, 0.1) is 5.41 Å². The monoisotopic (exact) mass is 499 g/mol. The number of esters is 1. The van der Waals surface area contributed by atoms with Crippen molar-refractivity contribution in [1.82, 2.24) is 4.90 Å². The zero-order valence-electron chi connectivity index (χ0n) is 20.6. The van der Waals surface area contributed by atoms with E-state index in [4.69, 9.17) is 9.47 Å². The molecule has 0 unspecified atom stereocenters. The van der Waals surface area contributed by atoms with Gasteiger partial charge in [0.1, 0.15) is 5.75 Å². The Morgan fingerprint density at radius 1 is 1.03 bits per heavy atom. The number of hydrogen-bond donors (Lipinski definition) is 0. The third-order valence-corrected chi connectivity index (χ3v) is 11.5. The summed E-state index contributed by atoms with van der Waals surface area (Å²) in [5.41, 5.74) is 1.10. The van der Waals surface area contributed by atoms with Gasteiger partial charge in [0, 0.05) is 15.9 Å². The lowest BCUT2D eigenvalue weighted by Crippen LogP contribution is -2.46. The highest BCUT2D eigenvalue weighted by Crippen LogP contribution is 2.55. The molecule has 184 valence electrons. The molecule has 1 atom stereocenters. The van der Waals surface area contributed by atoms with Crippen molar-refractivity contribution < 1.29 is 14.3 Å². The van der Waals surface area contributed by atoms with E-state index in [0.29, 0.717) is 11.2 Å². The fraction of sp³-hybridized carbons (Fsp3) is 0.607. The van der Waals surface area contributed by atoms with Crippen molar-refractivity contribution in [2.24, 2.45) is 5.41 Å². The van der Waals surface area contributed by atoms with Gasteiger partial charge in [0.25, 0.3) is 0 Å². The number of ether oxygens (including phenoxy) is 2. The van der Waals surface area contributed by atoms with Crippen LogP contribution in [-0.2, 0) is 9.53 Å². The number of hydrogen-bond acceptors (Lipinski definition) is 6. The van der Waals surface area contributed by atoms with E-state index in [1.165, 1.54) is 25.7 Å². The average molecular weight is 500 g/mol. The molecule has 2 aromatic carbocycles. The molecular weight excluding hydrogens is 462 g/mol. The van der Waals surface area contributed by atoms with E-state index in [1.54, 1.807) is 7.11 Å². The van der Waals surface area contributed by atoms with Crippen molar-refractivity contribution in [3.63, 3.8) is 0 Å². The summed E-state index contributed by atoms with van der Waals surface area (Å²) in [6, 6.07) is 12.3. The number of carbonyl (C=O) groups is 1. The fourth-order valence-corrected chi connectivity index (χ4v) is 8.60. The second-order valence-corrected chi connectivity index (χ2v) is 13.6. The molecule has 0 spiro atoms. The molecule has 0 amide bonds. The Hall–Kier alpha value is -1.37. The Bertz CT molecular complexity index is 998. The standard InChI is InChI=1S/C28H37NO3S2/c1-19(20-4-5-22-17-23(31-3)7-6-21(22)16-20)26(30)32-18-28(12-14-29(2)15-13-28)27(33-24-8-9-24)34-25-10-11-25/h4-7,16-17,19,24-25,27H,8-15,18H2,1-3H3/t19-/m0/s1. The van der Waals surface area contributed by atoms with Gasteiger partial charge in [-0.3, -0.25) is 4.79 Å². The molecule has 1 aliphatic heterocycles. The molecule has 6 heteroatoms. The van der Waals surface area contributed by atoms with Crippen LogP contribution in [0.3, 0.4) is 0 Å². The third kappa shape index (κ3) is 5.71. The van der Waals surface area contributed by atoms with Crippen LogP contribution in [-0.4, -0.2) is 59.8 Å². The second kappa shape index (κ2) is 10.3. The normalized spacial score (nSPS) is 21.5. The number of piperidine rings is 1. The molecule has 0 N–H and O–H groups in total. The number of methoxy groups -OCH3 is 1. The zero-order valence-corrected chi connectivity index (χ0v) is 22.3. The lowest BCUT2D eigenvalue weighted by molar-refractivity contribution is -0.149. The van der Waals surface area contributed by atoms with Gasteiger partial charge in [-0.1, -0.05) is 24.3 Å². The highest BCUT2D eigenvalue weighted by atomic mass is 32.2. The maximum absolute atomic E-state index is 13.3. The van der Waals surface area contributed by atoms with Crippen LogP contribution in [0.1, 0.15) is 56.9 Å². The summed E-state index contributed by atoms with van der Waals surface area (Å²) in [6.07, 6.45) is 7.65. The van der Waals surface area contributed by atoms with Crippen molar-refractivity contribution in [2.45, 2.75) is 66.4 Å². The molecule has 0 aromatic heterocycles. The molecule has 1 saturated heterocycles. The van der Waals surface area contributed by atoms with Crippen molar-refractivity contribution in [1.29, 1.82) is 0 Å². The van der Waals surface area contributed by atoms with Crippen molar-refractivity contribution in [3.8, 4) is 5.75 Å². The molecule has 1 heterocycles. The maximum atomic E-state index is 13.3. The summed E-state index contributed by atoms with van der Waals surface area (Å²) in [4.78, 5) is 15.7. The molecule has 2 saturated carbocycles. The molecule has 0 bridgehead atoms. The minimum absolute atomic E-state index is 0.0857. The van der Waals surface area contributed by atoms with Crippen LogP contribution in [0.4, 0.5) is 0 Å². The number of rotatable bonds is 10. The van der Waals surface area contributed by atoms with Gasteiger partial charge >= 0.3 is 5.97 Å². The van der Waals surface area contributed by atoms with Crippen LogP contribution in [0.5, 0.6) is 5.75 Å². The smallest absolute Gasteiger partial charge is 0.313 e. The van der Waals surface area contributed by atoms with Crippen molar-refractivity contribution in [2.75, 3.05) is 33.9 Å². The van der Waals surface area contributed by atoms with Gasteiger partial charge in [-0.25, -0.2) is 0 Å². The Balaban J connectivity index is 1.29. The molecule has 2 aliphatic carbocycles. The van der Waals surface area contributed by atoms with Crippen LogP contribution < -0.4 is 4.74 Å². The van der Waals surface area contributed by atoms with E-state index in [1.807, 2.05) is 25.1 Å². The van der Waals surface area contributed by atoms with E-state index in [2.05, 4.69) is 53.7 Å². The first-order valence-electron chi connectivity index (χ1n) is 12.7. The van der Waals surface area contributed by atoms with E-state index >= 15 is 0 Å². The molecule has 5 rings (SSSR count). The van der Waals surface area contributed by atoms with E-state index in [0.717, 1.165) is 58.5 Å². The number of carbonyl (C=O) groups excluding carboxylic acids is 1. The molecule has 4 nitrogen and oxygen atoms in total. The predicted molar refractivity (Wildman–Crippen MR) is 144 cm³/mol. The number of fused-ring (bicyclic) bond motifs is 1. The molecule has 3 fully saturated rings. The minimum atomic E-state index is -0.277. The topological polar surface area (TPSA) is 38.8 Å². The van der Waals surface area contributed by atoms with Gasteiger partial charge < -0.3 is 14.4 Å². The number of thioether (sulfide) groups is 2. The van der Waals surface area contributed by atoms with Crippen LogP contribution in [0.25, 0.3) is 10.8 Å². The molecule has 2 aromatic rings.